The zero-order valence-corrected chi connectivity index (χ0v) is 20.2. The fourth-order valence-corrected chi connectivity index (χ4v) is 6.44. The third kappa shape index (κ3) is 4.22. The maximum atomic E-state index is 13.7. The predicted molar refractivity (Wildman–Crippen MR) is 134 cm³/mol. The molecule has 3 aromatic heterocycles. The lowest BCUT2D eigenvalue weighted by atomic mass is 9.98. The summed E-state index contributed by atoms with van der Waals surface area (Å²) in [6.07, 6.45) is 1.91. The van der Waals surface area contributed by atoms with Gasteiger partial charge >= 0.3 is 0 Å². The summed E-state index contributed by atoms with van der Waals surface area (Å²) in [4.78, 5) is 32.9. The quantitative estimate of drug-likeness (QED) is 0.287. The van der Waals surface area contributed by atoms with Crippen molar-refractivity contribution in [3.8, 4) is 22.2 Å². The molecule has 1 unspecified atom stereocenters. The molecule has 1 fully saturated rings. The van der Waals surface area contributed by atoms with Crippen LogP contribution in [0, 0.1) is 17.2 Å². The zero-order valence-electron chi connectivity index (χ0n) is 17.8. The van der Waals surface area contributed by atoms with Crippen molar-refractivity contribution in [3.63, 3.8) is 0 Å². The fraction of sp³-hybridized carbons (Fsp3) is 0.250. The number of fused-ring (bicyclic) bond motifs is 1. The summed E-state index contributed by atoms with van der Waals surface area (Å²) in [5.74, 6) is 0.0309. The second kappa shape index (κ2) is 8.78. The lowest BCUT2D eigenvalue weighted by molar-refractivity contribution is -0.119. The van der Waals surface area contributed by atoms with Crippen LogP contribution in [0.1, 0.15) is 19.8 Å². The van der Waals surface area contributed by atoms with E-state index in [4.69, 9.17) is 4.98 Å². The highest BCUT2D eigenvalue weighted by atomic mass is 32.2. The van der Waals surface area contributed by atoms with Crippen molar-refractivity contribution < 1.29 is 4.79 Å². The first-order valence-electron chi connectivity index (χ1n) is 10.5. The van der Waals surface area contributed by atoms with Gasteiger partial charge in [0, 0.05) is 15.8 Å². The van der Waals surface area contributed by atoms with Crippen LogP contribution >= 0.6 is 34.4 Å². The highest BCUT2D eigenvalue weighted by molar-refractivity contribution is 7.99. The summed E-state index contributed by atoms with van der Waals surface area (Å²) in [6, 6.07) is 15.6. The minimum atomic E-state index is -0.850. The number of nitrogens with one attached hydrogen (secondary N) is 1. The number of aromatic nitrogens is 2. The molecule has 0 saturated heterocycles. The Morgan fingerprint density at radius 2 is 2.06 bits per heavy atom. The van der Waals surface area contributed by atoms with Gasteiger partial charge in [0.2, 0.25) is 5.91 Å². The molecule has 1 aromatic carbocycles. The van der Waals surface area contributed by atoms with Crippen LogP contribution in [0.25, 0.3) is 26.3 Å². The molecule has 0 bridgehead atoms. The molecule has 1 amide bonds. The zero-order chi connectivity index (χ0) is 23.0. The molecule has 0 radical (unpaired) electrons. The first-order valence-corrected chi connectivity index (χ1v) is 13.2. The van der Waals surface area contributed by atoms with E-state index in [0.29, 0.717) is 21.1 Å². The molecule has 5 rings (SSSR count). The maximum Gasteiger partial charge on any atom is 0.268 e. The van der Waals surface area contributed by atoms with Crippen LogP contribution < -0.4 is 10.9 Å². The number of nitrogens with zero attached hydrogens (tertiary/aromatic N) is 3. The predicted octanol–water partition coefficient (Wildman–Crippen LogP) is 5.08. The molecule has 1 atom stereocenters. The van der Waals surface area contributed by atoms with E-state index in [1.807, 2.05) is 53.2 Å². The molecule has 1 aliphatic carbocycles. The highest BCUT2D eigenvalue weighted by Gasteiger charge is 2.43. The van der Waals surface area contributed by atoms with E-state index < -0.39 is 5.54 Å². The molecule has 1 N–H and O–H groups in total. The summed E-state index contributed by atoms with van der Waals surface area (Å²) >= 11 is 4.22. The van der Waals surface area contributed by atoms with Crippen LogP contribution in [0.3, 0.4) is 0 Å². The highest BCUT2D eigenvalue weighted by Crippen LogP contribution is 2.39. The monoisotopic (exact) mass is 492 g/mol. The molecular formula is C24H20N4O2S3. The minimum Gasteiger partial charge on any atom is -0.337 e. The van der Waals surface area contributed by atoms with Crippen molar-refractivity contribution in [1.82, 2.24) is 14.9 Å². The number of carbonyl (C=O) groups excluding carboxylic acids is 1. The van der Waals surface area contributed by atoms with Gasteiger partial charge in [-0.15, -0.1) is 22.7 Å². The second-order valence-electron chi connectivity index (χ2n) is 8.10. The van der Waals surface area contributed by atoms with Gasteiger partial charge in [0.05, 0.1) is 22.9 Å². The lowest BCUT2D eigenvalue weighted by Crippen LogP contribution is -2.47. The SMILES string of the molecule is CC(C#N)(NC(=O)CSc1nc2scc(-c3cccs3)c2c(=O)n1-c1ccccc1)C1CC1. The summed E-state index contributed by atoms with van der Waals surface area (Å²) in [5.41, 5.74) is 0.578. The largest absolute Gasteiger partial charge is 0.337 e. The second-order valence-corrected chi connectivity index (χ2v) is 10.9. The first kappa shape index (κ1) is 21.9. The normalized spacial score (nSPS) is 15.2. The van der Waals surface area contributed by atoms with E-state index in [0.717, 1.165) is 23.3 Å². The van der Waals surface area contributed by atoms with Gasteiger partial charge in [-0.25, -0.2) is 4.98 Å². The molecule has 9 heteroatoms. The van der Waals surface area contributed by atoms with Crippen molar-refractivity contribution in [3.05, 3.63) is 63.6 Å². The van der Waals surface area contributed by atoms with E-state index in [2.05, 4.69) is 11.4 Å². The Hall–Kier alpha value is -2.93. The fourth-order valence-electron chi connectivity index (χ4n) is 3.82. The van der Waals surface area contributed by atoms with Crippen molar-refractivity contribution in [2.45, 2.75) is 30.5 Å². The van der Waals surface area contributed by atoms with Gasteiger partial charge in [0.15, 0.2) is 5.16 Å². The maximum absolute atomic E-state index is 13.7. The van der Waals surface area contributed by atoms with Crippen molar-refractivity contribution in [2.24, 2.45) is 5.92 Å². The Balaban J connectivity index is 1.52. The van der Waals surface area contributed by atoms with Gasteiger partial charge in [-0.3, -0.25) is 14.2 Å². The van der Waals surface area contributed by atoms with Crippen LogP contribution in [-0.4, -0.2) is 26.8 Å². The summed E-state index contributed by atoms with van der Waals surface area (Å²) < 4.78 is 1.58. The molecule has 3 heterocycles. The Kier molecular flexibility index (Phi) is 5.83. The Bertz CT molecular complexity index is 1420. The Morgan fingerprint density at radius 3 is 2.73 bits per heavy atom. The Labute approximate surface area is 202 Å². The van der Waals surface area contributed by atoms with Crippen LogP contribution in [0.4, 0.5) is 0 Å². The average Bonchev–Trinajstić information content (AvgIpc) is 3.38. The molecule has 0 aliphatic heterocycles. The number of hydrogen-bond donors (Lipinski definition) is 1. The minimum absolute atomic E-state index is 0.0674. The number of para-hydroxylation sites is 1. The van der Waals surface area contributed by atoms with Gasteiger partial charge in [-0.2, -0.15) is 5.26 Å². The number of thioether (sulfide) groups is 1. The van der Waals surface area contributed by atoms with Crippen molar-refractivity contribution >= 4 is 50.6 Å². The van der Waals surface area contributed by atoms with E-state index in [9.17, 15) is 14.9 Å². The molecule has 1 aliphatic rings. The van der Waals surface area contributed by atoms with Gasteiger partial charge < -0.3 is 5.32 Å². The summed E-state index contributed by atoms with van der Waals surface area (Å²) in [7, 11) is 0. The van der Waals surface area contributed by atoms with Gasteiger partial charge in [0.25, 0.3) is 5.56 Å². The number of rotatable bonds is 7. The van der Waals surface area contributed by atoms with Crippen LogP contribution in [0.5, 0.6) is 0 Å². The van der Waals surface area contributed by atoms with Gasteiger partial charge in [-0.1, -0.05) is 36.0 Å². The van der Waals surface area contributed by atoms with Gasteiger partial charge in [0.1, 0.15) is 10.4 Å². The van der Waals surface area contributed by atoms with E-state index in [1.165, 1.54) is 23.1 Å². The lowest BCUT2D eigenvalue weighted by Gasteiger charge is -2.22. The van der Waals surface area contributed by atoms with Crippen molar-refractivity contribution in [1.29, 1.82) is 5.26 Å². The standard InChI is InChI=1S/C24H20N4O2S3/c1-24(14-25,15-9-10-15)27-19(29)13-33-23-26-21-20(17(12-32-21)18-8-5-11-31-18)22(30)28(23)16-6-3-2-4-7-16/h2-8,11-12,15H,9-10,13H2,1H3,(H,27,29). The number of thiophene rings is 2. The van der Waals surface area contributed by atoms with E-state index in [-0.39, 0.29) is 23.1 Å². The molecule has 4 aromatic rings. The number of amides is 1. The molecule has 166 valence electrons. The smallest absolute Gasteiger partial charge is 0.268 e. The van der Waals surface area contributed by atoms with Crippen LogP contribution in [0.15, 0.2) is 63.2 Å². The number of benzene rings is 1. The van der Waals surface area contributed by atoms with E-state index >= 15 is 0 Å². The molecule has 1 saturated carbocycles. The number of nitriles is 1. The third-order valence-electron chi connectivity index (χ3n) is 5.74. The first-order chi connectivity index (χ1) is 16.0. The van der Waals surface area contributed by atoms with Gasteiger partial charge in [-0.05, 0) is 49.3 Å². The summed E-state index contributed by atoms with van der Waals surface area (Å²) in [5, 5.41) is 17.4. The molecule has 6 nitrogen and oxygen atoms in total. The topological polar surface area (TPSA) is 87.8 Å². The Morgan fingerprint density at radius 1 is 1.27 bits per heavy atom. The average molecular weight is 493 g/mol. The third-order valence-corrected chi connectivity index (χ3v) is 8.45. The molecule has 0 spiro atoms. The number of carbonyl (C=O) groups is 1. The molecule has 33 heavy (non-hydrogen) atoms. The molecular weight excluding hydrogens is 472 g/mol. The summed E-state index contributed by atoms with van der Waals surface area (Å²) in [6.45, 7) is 1.77. The van der Waals surface area contributed by atoms with Crippen LogP contribution in [0.2, 0.25) is 0 Å². The van der Waals surface area contributed by atoms with Crippen molar-refractivity contribution in [2.75, 3.05) is 5.75 Å². The van der Waals surface area contributed by atoms with E-state index in [1.54, 1.807) is 22.8 Å². The van der Waals surface area contributed by atoms with Crippen LogP contribution in [-0.2, 0) is 4.79 Å². The number of hydrogen-bond acceptors (Lipinski definition) is 7.